The van der Waals surface area contributed by atoms with Crippen molar-refractivity contribution in [3.63, 3.8) is 0 Å². The summed E-state index contributed by atoms with van der Waals surface area (Å²) in [5.41, 5.74) is 0.856. The Bertz CT molecular complexity index is 568. The fourth-order valence-electron chi connectivity index (χ4n) is 2.00. The summed E-state index contributed by atoms with van der Waals surface area (Å²) in [5, 5.41) is 6.49. The standard InChI is InChI=1S/C19H32N4O3.HI/c1-5-6-11-20-19(21-15-18(24)23(2)3)22-16-9-7-10-17(14-16)26-13-8-12-25-4;/h7,9-10,14H,5-6,8,11-13,15H2,1-4H3,(H2,20,21,22);1H. The third-order valence-electron chi connectivity index (χ3n) is 3.55. The van der Waals surface area contributed by atoms with Gasteiger partial charge in [-0.05, 0) is 18.6 Å². The number of hydrogen-bond donors (Lipinski definition) is 2. The molecule has 0 aliphatic heterocycles. The minimum atomic E-state index is -0.0446. The molecule has 0 aromatic heterocycles. The number of carbonyl (C=O) groups is 1. The van der Waals surface area contributed by atoms with Gasteiger partial charge < -0.3 is 25.0 Å². The molecule has 0 saturated carbocycles. The summed E-state index contributed by atoms with van der Waals surface area (Å²) < 4.78 is 10.7. The molecule has 0 bridgehead atoms. The number of amides is 1. The van der Waals surface area contributed by atoms with Crippen molar-refractivity contribution in [3.05, 3.63) is 24.3 Å². The van der Waals surface area contributed by atoms with Crippen LogP contribution in [0.3, 0.4) is 0 Å². The second-order valence-corrected chi connectivity index (χ2v) is 6.08. The van der Waals surface area contributed by atoms with Gasteiger partial charge >= 0.3 is 0 Å². The smallest absolute Gasteiger partial charge is 0.243 e. The maximum atomic E-state index is 11.8. The fraction of sp³-hybridized carbons (Fsp3) is 0.579. The molecule has 1 amide bonds. The van der Waals surface area contributed by atoms with Gasteiger partial charge in [0.2, 0.25) is 5.91 Å². The summed E-state index contributed by atoms with van der Waals surface area (Å²) in [6.45, 7) is 4.31. The predicted molar refractivity (Wildman–Crippen MR) is 121 cm³/mol. The zero-order valence-electron chi connectivity index (χ0n) is 16.8. The van der Waals surface area contributed by atoms with Gasteiger partial charge in [0, 0.05) is 52.5 Å². The molecule has 27 heavy (non-hydrogen) atoms. The van der Waals surface area contributed by atoms with Crippen LogP contribution < -0.4 is 15.4 Å². The minimum absolute atomic E-state index is 0. The molecule has 1 aromatic rings. The SMILES string of the molecule is CCCCNC(=NCC(=O)N(C)C)Nc1cccc(OCCCOC)c1.I. The fourth-order valence-corrected chi connectivity index (χ4v) is 2.00. The second kappa shape index (κ2) is 15.5. The van der Waals surface area contributed by atoms with Gasteiger partial charge in [0.15, 0.2) is 5.96 Å². The van der Waals surface area contributed by atoms with Crippen molar-refractivity contribution < 1.29 is 14.3 Å². The van der Waals surface area contributed by atoms with Crippen LogP contribution >= 0.6 is 24.0 Å². The lowest BCUT2D eigenvalue weighted by Crippen LogP contribution is -2.33. The molecule has 0 fully saturated rings. The number of anilines is 1. The van der Waals surface area contributed by atoms with E-state index >= 15 is 0 Å². The number of guanidine groups is 1. The van der Waals surface area contributed by atoms with Crippen molar-refractivity contribution in [2.45, 2.75) is 26.2 Å². The van der Waals surface area contributed by atoms with Gasteiger partial charge in [0.05, 0.1) is 6.61 Å². The number of nitrogens with one attached hydrogen (secondary N) is 2. The average molecular weight is 492 g/mol. The number of ether oxygens (including phenoxy) is 2. The summed E-state index contributed by atoms with van der Waals surface area (Å²) >= 11 is 0. The molecule has 154 valence electrons. The van der Waals surface area contributed by atoms with Crippen molar-refractivity contribution in [1.82, 2.24) is 10.2 Å². The first-order chi connectivity index (χ1) is 12.6. The van der Waals surface area contributed by atoms with Gasteiger partial charge in [-0.3, -0.25) is 4.79 Å². The molecule has 0 unspecified atom stereocenters. The lowest BCUT2D eigenvalue weighted by Gasteiger charge is -2.14. The lowest BCUT2D eigenvalue weighted by molar-refractivity contribution is -0.127. The van der Waals surface area contributed by atoms with Crippen LogP contribution in [0.2, 0.25) is 0 Å². The Labute approximate surface area is 179 Å². The number of hydrogen-bond acceptors (Lipinski definition) is 4. The van der Waals surface area contributed by atoms with Gasteiger partial charge in [-0.2, -0.15) is 0 Å². The molecule has 0 spiro atoms. The zero-order chi connectivity index (χ0) is 19.2. The highest BCUT2D eigenvalue weighted by atomic mass is 127. The van der Waals surface area contributed by atoms with Crippen LogP contribution in [0.25, 0.3) is 0 Å². The summed E-state index contributed by atoms with van der Waals surface area (Å²) in [4.78, 5) is 17.7. The highest BCUT2D eigenvalue weighted by Crippen LogP contribution is 2.17. The van der Waals surface area contributed by atoms with E-state index in [1.807, 2.05) is 24.3 Å². The first kappa shape index (κ1) is 25.4. The van der Waals surface area contributed by atoms with Crippen LogP contribution in [0.4, 0.5) is 5.69 Å². The van der Waals surface area contributed by atoms with E-state index in [0.717, 1.165) is 37.2 Å². The molecule has 0 aliphatic rings. The van der Waals surface area contributed by atoms with Crippen molar-refractivity contribution in [2.75, 3.05) is 52.8 Å². The highest BCUT2D eigenvalue weighted by Gasteiger charge is 2.06. The zero-order valence-corrected chi connectivity index (χ0v) is 19.1. The molecule has 0 aliphatic carbocycles. The minimum Gasteiger partial charge on any atom is -0.493 e. The largest absolute Gasteiger partial charge is 0.493 e. The molecule has 7 nitrogen and oxygen atoms in total. The number of aliphatic imine (C=N–C) groups is 1. The Morgan fingerprint density at radius 1 is 1.22 bits per heavy atom. The van der Waals surface area contributed by atoms with E-state index in [1.165, 1.54) is 4.90 Å². The van der Waals surface area contributed by atoms with Crippen LogP contribution in [-0.2, 0) is 9.53 Å². The van der Waals surface area contributed by atoms with Crippen LogP contribution in [0.15, 0.2) is 29.3 Å². The Morgan fingerprint density at radius 2 is 2.00 bits per heavy atom. The van der Waals surface area contributed by atoms with Crippen LogP contribution in [0.1, 0.15) is 26.2 Å². The Morgan fingerprint density at radius 3 is 2.67 bits per heavy atom. The van der Waals surface area contributed by atoms with Crippen molar-refractivity contribution in [3.8, 4) is 5.75 Å². The predicted octanol–water partition coefficient (Wildman–Crippen LogP) is 2.97. The number of nitrogens with zero attached hydrogens (tertiary/aromatic N) is 2. The third kappa shape index (κ3) is 11.7. The molecule has 0 heterocycles. The van der Waals surface area contributed by atoms with Gasteiger partial charge in [0.1, 0.15) is 12.3 Å². The summed E-state index contributed by atoms with van der Waals surface area (Å²) in [7, 11) is 5.12. The number of carbonyl (C=O) groups excluding carboxylic acids is 1. The highest BCUT2D eigenvalue weighted by molar-refractivity contribution is 14.0. The van der Waals surface area contributed by atoms with E-state index < -0.39 is 0 Å². The van der Waals surface area contributed by atoms with Crippen LogP contribution in [0.5, 0.6) is 5.75 Å². The van der Waals surface area contributed by atoms with E-state index in [2.05, 4.69) is 22.5 Å². The van der Waals surface area contributed by atoms with Gasteiger partial charge in [0.25, 0.3) is 0 Å². The monoisotopic (exact) mass is 492 g/mol. The van der Waals surface area contributed by atoms with Gasteiger partial charge in [-0.25, -0.2) is 4.99 Å². The summed E-state index contributed by atoms with van der Waals surface area (Å²) in [6.07, 6.45) is 2.96. The number of halogens is 1. The maximum absolute atomic E-state index is 11.8. The molecule has 1 aromatic carbocycles. The number of rotatable bonds is 11. The van der Waals surface area contributed by atoms with E-state index in [4.69, 9.17) is 9.47 Å². The maximum Gasteiger partial charge on any atom is 0.243 e. The Kier molecular flexibility index (Phi) is 14.6. The first-order valence-electron chi connectivity index (χ1n) is 9.04. The number of likely N-dealkylation sites (N-methyl/N-ethyl adjacent to an activating group) is 1. The van der Waals surface area contributed by atoms with Crippen molar-refractivity contribution in [1.29, 1.82) is 0 Å². The summed E-state index contributed by atoms with van der Waals surface area (Å²) in [6, 6.07) is 7.68. The number of benzene rings is 1. The van der Waals surface area contributed by atoms with Gasteiger partial charge in [-0.15, -0.1) is 24.0 Å². The van der Waals surface area contributed by atoms with E-state index in [9.17, 15) is 4.79 Å². The average Bonchev–Trinajstić information content (AvgIpc) is 2.63. The Hall–Kier alpha value is -1.55. The third-order valence-corrected chi connectivity index (χ3v) is 3.55. The molecule has 0 atom stereocenters. The van der Waals surface area contributed by atoms with E-state index in [1.54, 1.807) is 21.2 Å². The second-order valence-electron chi connectivity index (χ2n) is 6.08. The number of unbranched alkanes of at least 4 members (excludes halogenated alkanes) is 1. The van der Waals surface area contributed by atoms with E-state index in [-0.39, 0.29) is 36.4 Å². The topological polar surface area (TPSA) is 75.2 Å². The van der Waals surface area contributed by atoms with Crippen molar-refractivity contribution in [2.24, 2.45) is 4.99 Å². The molecule has 0 radical (unpaired) electrons. The molecule has 1 rings (SSSR count). The first-order valence-corrected chi connectivity index (χ1v) is 9.04. The summed E-state index contributed by atoms with van der Waals surface area (Å²) in [5.74, 6) is 1.32. The molecular weight excluding hydrogens is 459 g/mol. The number of methoxy groups -OCH3 is 1. The Balaban J connectivity index is 0.00000676. The molecule has 8 heteroatoms. The quantitative estimate of drug-likeness (QED) is 0.215. The van der Waals surface area contributed by atoms with Gasteiger partial charge in [-0.1, -0.05) is 19.4 Å². The lowest BCUT2D eigenvalue weighted by atomic mass is 10.3. The normalized spacial score (nSPS) is 10.7. The van der Waals surface area contributed by atoms with Crippen LogP contribution in [-0.4, -0.2) is 64.3 Å². The van der Waals surface area contributed by atoms with E-state index in [0.29, 0.717) is 19.2 Å². The van der Waals surface area contributed by atoms with Crippen molar-refractivity contribution >= 4 is 41.5 Å². The molecule has 0 saturated heterocycles. The molecular formula is C19H33IN4O3. The van der Waals surface area contributed by atoms with Crippen LogP contribution in [0, 0.1) is 0 Å². The molecule has 2 N–H and O–H groups in total.